The predicted molar refractivity (Wildman–Crippen MR) is 289 cm³/mol. The van der Waals surface area contributed by atoms with Gasteiger partial charge in [-0.3, -0.25) is 0 Å². The van der Waals surface area contributed by atoms with Gasteiger partial charge in [0.15, 0.2) is 11.6 Å². The molecular formula is C66H44N4. The normalized spacial score (nSPS) is 11.1. The van der Waals surface area contributed by atoms with Crippen molar-refractivity contribution in [1.29, 1.82) is 0 Å². The molecule has 4 nitrogen and oxygen atoms in total. The molecule has 328 valence electrons. The van der Waals surface area contributed by atoms with E-state index in [1.807, 2.05) is 24.3 Å². The van der Waals surface area contributed by atoms with Crippen LogP contribution in [0.3, 0.4) is 0 Å². The number of hydrogen-bond donors (Lipinski definition) is 0. The van der Waals surface area contributed by atoms with Crippen LogP contribution in [0.2, 0.25) is 0 Å². The van der Waals surface area contributed by atoms with Crippen LogP contribution in [0.25, 0.3) is 123 Å². The van der Waals surface area contributed by atoms with Gasteiger partial charge in [-0.2, -0.15) is 0 Å². The van der Waals surface area contributed by atoms with Crippen molar-refractivity contribution in [3.63, 3.8) is 0 Å². The molecule has 70 heavy (non-hydrogen) atoms. The summed E-state index contributed by atoms with van der Waals surface area (Å²) in [4.78, 5) is 20.5. The van der Waals surface area contributed by atoms with Crippen LogP contribution in [0.5, 0.6) is 0 Å². The van der Waals surface area contributed by atoms with E-state index in [0.717, 1.165) is 78.4 Å². The van der Waals surface area contributed by atoms with E-state index in [1.165, 1.54) is 33.0 Å². The molecule has 0 aliphatic heterocycles. The van der Waals surface area contributed by atoms with Crippen molar-refractivity contribution in [2.45, 2.75) is 0 Å². The molecule has 0 atom stereocenters. The summed E-state index contributed by atoms with van der Waals surface area (Å²) >= 11 is 0. The average Bonchev–Trinajstić information content (AvgIpc) is 3.45. The zero-order valence-corrected chi connectivity index (χ0v) is 38.2. The number of aromatic nitrogens is 4. The number of rotatable bonds is 10. The van der Waals surface area contributed by atoms with Gasteiger partial charge < -0.3 is 0 Å². The maximum absolute atomic E-state index is 5.16. The summed E-state index contributed by atoms with van der Waals surface area (Å²) in [5.41, 5.74) is 18.9. The highest BCUT2D eigenvalue weighted by atomic mass is 14.9. The van der Waals surface area contributed by atoms with Gasteiger partial charge in [0.2, 0.25) is 0 Å². The lowest BCUT2D eigenvalue weighted by Gasteiger charge is -2.13. The Labute approximate surface area is 408 Å². The Balaban J connectivity index is 0.850. The van der Waals surface area contributed by atoms with Gasteiger partial charge in [0, 0.05) is 33.4 Å². The standard InChI is InChI=1S/C66H44N4/c1-5-15-45(16-6-1)47-27-39-55(40-28-47)65-67-61(51-19-9-3-10-20-51)43-63(69-65)53-35-31-49(32-36-53)57-23-13-26-60-58(24-14-25-59(57)60)50-33-37-54(38-34-50)64-44-62(52-21-11-4-12-22-52)68-66(70-64)56-41-29-48(30-42-56)46-17-7-2-8-18-46/h1-44H. The second kappa shape index (κ2) is 18.7. The van der Waals surface area contributed by atoms with Gasteiger partial charge in [0.1, 0.15) is 0 Å². The molecule has 4 heteroatoms. The van der Waals surface area contributed by atoms with E-state index in [4.69, 9.17) is 19.9 Å². The summed E-state index contributed by atoms with van der Waals surface area (Å²) in [6.07, 6.45) is 0. The fourth-order valence-electron chi connectivity index (χ4n) is 9.30. The Kier molecular flexibility index (Phi) is 11.2. The first kappa shape index (κ1) is 42.0. The minimum absolute atomic E-state index is 0.693. The van der Waals surface area contributed by atoms with Gasteiger partial charge in [0.05, 0.1) is 22.8 Å². The molecule has 0 spiro atoms. The van der Waals surface area contributed by atoms with Gasteiger partial charge in [-0.05, 0) is 67.4 Å². The van der Waals surface area contributed by atoms with Crippen molar-refractivity contribution in [1.82, 2.24) is 19.9 Å². The highest BCUT2D eigenvalue weighted by Crippen LogP contribution is 2.38. The molecule has 2 heterocycles. The van der Waals surface area contributed by atoms with E-state index in [2.05, 4.69) is 243 Å². The first-order chi connectivity index (χ1) is 34.7. The summed E-state index contributed by atoms with van der Waals surface area (Å²) in [5, 5.41) is 2.38. The molecule has 0 aliphatic rings. The van der Waals surface area contributed by atoms with E-state index in [9.17, 15) is 0 Å². The van der Waals surface area contributed by atoms with E-state index in [-0.39, 0.29) is 0 Å². The van der Waals surface area contributed by atoms with Crippen molar-refractivity contribution < 1.29 is 0 Å². The first-order valence-electron chi connectivity index (χ1n) is 23.6. The summed E-state index contributed by atoms with van der Waals surface area (Å²) in [6.45, 7) is 0. The lowest BCUT2D eigenvalue weighted by atomic mass is 9.92. The molecule has 12 aromatic rings. The average molecular weight is 893 g/mol. The zero-order valence-electron chi connectivity index (χ0n) is 38.2. The molecule has 0 saturated heterocycles. The molecule has 0 amide bonds. The van der Waals surface area contributed by atoms with Gasteiger partial charge in [0.25, 0.3) is 0 Å². The topological polar surface area (TPSA) is 51.6 Å². The second-order valence-electron chi connectivity index (χ2n) is 17.4. The maximum atomic E-state index is 5.16. The highest BCUT2D eigenvalue weighted by Gasteiger charge is 2.15. The van der Waals surface area contributed by atoms with Crippen LogP contribution in [0, 0.1) is 0 Å². The molecule has 10 aromatic carbocycles. The molecule has 0 radical (unpaired) electrons. The van der Waals surface area contributed by atoms with Crippen molar-refractivity contribution in [3.8, 4) is 112 Å². The molecule has 0 bridgehead atoms. The maximum Gasteiger partial charge on any atom is 0.160 e. The molecule has 0 fully saturated rings. The van der Waals surface area contributed by atoms with Gasteiger partial charge in [-0.15, -0.1) is 0 Å². The fourth-order valence-corrected chi connectivity index (χ4v) is 9.30. The molecule has 0 aliphatic carbocycles. The molecule has 0 N–H and O–H groups in total. The van der Waals surface area contributed by atoms with Crippen LogP contribution in [-0.4, -0.2) is 19.9 Å². The summed E-state index contributed by atoms with van der Waals surface area (Å²) in [6, 6.07) is 93.5. The Bertz CT molecular complexity index is 3490. The van der Waals surface area contributed by atoms with Crippen LogP contribution in [-0.2, 0) is 0 Å². The SMILES string of the molecule is c1ccc(-c2ccc(-c3nc(-c4ccccc4)cc(-c4ccc(-c5cccc6c(-c7ccc(-c8cc(-c9ccccc9)nc(-c9ccc(-c%10ccccc%10)cc9)n8)cc7)cccc56)cc4)n3)cc2)cc1. The van der Waals surface area contributed by atoms with Crippen LogP contribution >= 0.6 is 0 Å². The van der Waals surface area contributed by atoms with Crippen LogP contribution in [0.1, 0.15) is 0 Å². The molecular weight excluding hydrogens is 849 g/mol. The van der Waals surface area contributed by atoms with Crippen molar-refractivity contribution in [2.24, 2.45) is 0 Å². The first-order valence-corrected chi connectivity index (χ1v) is 23.6. The smallest absolute Gasteiger partial charge is 0.160 e. The lowest BCUT2D eigenvalue weighted by Crippen LogP contribution is -1.96. The number of hydrogen-bond acceptors (Lipinski definition) is 4. The van der Waals surface area contributed by atoms with Gasteiger partial charge in [-0.25, -0.2) is 19.9 Å². The third-order valence-electron chi connectivity index (χ3n) is 13.0. The monoisotopic (exact) mass is 892 g/mol. The molecule has 12 rings (SSSR count). The minimum atomic E-state index is 0.693. The third-order valence-corrected chi connectivity index (χ3v) is 13.0. The van der Waals surface area contributed by atoms with Gasteiger partial charge >= 0.3 is 0 Å². The van der Waals surface area contributed by atoms with E-state index in [1.54, 1.807) is 0 Å². The zero-order chi connectivity index (χ0) is 46.6. The van der Waals surface area contributed by atoms with E-state index in [0.29, 0.717) is 11.6 Å². The third kappa shape index (κ3) is 8.58. The number of benzene rings is 10. The molecule has 0 unspecified atom stereocenters. The summed E-state index contributed by atoms with van der Waals surface area (Å²) in [5.74, 6) is 1.39. The molecule has 2 aromatic heterocycles. The molecule has 0 saturated carbocycles. The second-order valence-corrected chi connectivity index (χ2v) is 17.4. The van der Waals surface area contributed by atoms with Crippen molar-refractivity contribution in [2.75, 3.05) is 0 Å². The van der Waals surface area contributed by atoms with Crippen molar-refractivity contribution >= 4 is 10.8 Å². The van der Waals surface area contributed by atoms with Crippen LogP contribution in [0.15, 0.2) is 267 Å². The van der Waals surface area contributed by atoms with E-state index < -0.39 is 0 Å². The highest BCUT2D eigenvalue weighted by molar-refractivity contribution is 6.04. The summed E-state index contributed by atoms with van der Waals surface area (Å²) < 4.78 is 0. The summed E-state index contributed by atoms with van der Waals surface area (Å²) in [7, 11) is 0. The van der Waals surface area contributed by atoms with Crippen molar-refractivity contribution in [3.05, 3.63) is 267 Å². The number of nitrogens with zero attached hydrogens (tertiary/aromatic N) is 4. The lowest BCUT2D eigenvalue weighted by molar-refractivity contribution is 1.18. The van der Waals surface area contributed by atoms with Crippen LogP contribution < -0.4 is 0 Å². The Morgan fingerprint density at radius 2 is 0.414 bits per heavy atom. The largest absolute Gasteiger partial charge is 0.228 e. The Morgan fingerprint density at radius 1 is 0.171 bits per heavy atom. The van der Waals surface area contributed by atoms with Gasteiger partial charge in [-0.1, -0.05) is 255 Å². The van der Waals surface area contributed by atoms with E-state index >= 15 is 0 Å². The Morgan fingerprint density at radius 3 is 0.743 bits per heavy atom. The quantitative estimate of drug-likeness (QED) is 0.137. The number of fused-ring (bicyclic) bond motifs is 1. The predicted octanol–water partition coefficient (Wildman–Crippen LogP) is 17.1. The minimum Gasteiger partial charge on any atom is -0.228 e. The van der Waals surface area contributed by atoms with Crippen LogP contribution in [0.4, 0.5) is 0 Å². The fraction of sp³-hybridized carbons (Fsp3) is 0. The Hall–Kier alpha value is -9.38.